The van der Waals surface area contributed by atoms with Crippen molar-refractivity contribution in [1.82, 2.24) is 25.1 Å². The lowest BCUT2D eigenvalue weighted by molar-refractivity contribution is 0.613. The number of nitrogens with one attached hydrogen (secondary N) is 1. The molecule has 0 aliphatic rings. The molecular formula is C12H10ClFN6. The molecule has 8 heteroatoms. The lowest BCUT2D eigenvalue weighted by Gasteiger charge is -2.15. The third-order valence-corrected chi connectivity index (χ3v) is 3.11. The normalized spacial score (nSPS) is 11.0. The molecule has 0 atom stereocenters. The van der Waals surface area contributed by atoms with Crippen molar-refractivity contribution in [1.29, 1.82) is 0 Å². The van der Waals surface area contributed by atoms with Gasteiger partial charge in [-0.2, -0.15) is 5.10 Å². The number of rotatable bonds is 2. The zero-order valence-electron chi connectivity index (χ0n) is 10.7. The molecule has 0 saturated heterocycles. The van der Waals surface area contributed by atoms with Crippen molar-refractivity contribution in [2.24, 2.45) is 0 Å². The van der Waals surface area contributed by atoms with E-state index in [1.807, 2.05) is 0 Å². The van der Waals surface area contributed by atoms with Crippen molar-refractivity contribution in [3.8, 4) is 0 Å². The zero-order valence-corrected chi connectivity index (χ0v) is 11.5. The number of halogens is 2. The summed E-state index contributed by atoms with van der Waals surface area (Å²) in [4.78, 5) is 13.7. The van der Waals surface area contributed by atoms with Crippen LogP contribution in [0.4, 0.5) is 16.0 Å². The number of hydrogen-bond acceptors (Lipinski definition) is 5. The van der Waals surface area contributed by atoms with E-state index in [0.717, 1.165) is 0 Å². The summed E-state index contributed by atoms with van der Waals surface area (Å²) in [6.07, 6.45) is 1.54. The van der Waals surface area contributed by atoms with Gasteiger partial charge in [0.25, 0.3) is 0 Å². The maximum Gasteiger partial charge on any atom is 0.224 e. The Morgan fingerprint density at radius 1 is 1.35 bits per heavy atom. The van der Waals surface area contributed by atoms with Crippen LogP contribution in [0.2, 0.25) is 5.28 Å². The molecule has 6 nitrogen and oxygen atoms in total. The van der Waals surface area contributed by atoms with E-state index >= 15 is 0 Å². The Kier molecular flexibility index (Phi) is 2.98. The fourth-order valence-electron chi connectivity index (χ4n) is 1.88. The van der Waals surface area contributed by atoms with E-state index in [1.54, 1.807) is 31.1 Å². The topological polar surface area (TPSA) is 70.6 Å². The van der Waals surface area contributed by atoms with Gasteiger partial charge >= 0.3 is 0 Å². The Bertz CT molecular complexity index is 787. The van der Waals surface area contributed by atoms with Crippen LogP contribution in [-0.2, 0) is 0 Å². The molecule has 3 heterocycles. The highest BCUT2D eigenvalue weighted by Crippen LogP contribution is 2.28. The minimum atomic E-state index is -0.380. The first kappa shape index (κ1) is 12.7. The van der Waals surface area contributed by atoms with Crippen LogP contribution in [0.25, 0.3) is 11.0 Å². The van der Waals surface area contributed by atoms with E-state index in [9.17, 15) is 4.39 Å². The molecule has 20 heavy (non-hydrogen) atoms. The summed E-state index contributed by atoms with van der Waals surface area (Å²) in [7, 11) is 1.76. The Balaban J connectivity index is 2.12. The van der Waals surface area contributed by atoms with Gasteiger partial charge in [-0.25, -0.2) is 19.3 Å². The largest absolute Gasteiger partial charge is 0.312 e. The quantitative estimate of drug-likeness (QED) is 0.735. The number of nitrogens with zero attached hydrogens (tertiary/aromatic N) is 5. The van der Waals surface area contributed by atoms with Crippen LogP contribution >= 0.6 is 11.6 Å². The third-order valence-electron chi connectivity index (χ3n) is 2.93. The third kappa shape index (κ3) is 2.05. The SMILES string of the molecule is Cc1nc2[nH]nc(N(C)c3ccnc(Cl)n3)c2cc1F. The summed E-state index contributed by atoms with van der Waals surface area (Å²) in [5.74, 6) is 0.690. The molecule has 1 N–H and O–H groups in total. The summed E-state index contributed by atoms with van der Waals surface area (Å²) in [6.45, 7) is 1.60. The average molecular weight is 293 g/mol. The lowest BCUT2D eigenvalue weighted by atomic mass is 10.2. The number of anilines is 2. The van der Waals surface area contributed by atoms with Gasteiger partial charge in [-0.05, 0) is 30.7 Å². The maximum absolute atomic E-state index is 13.7. The smallest absolute Gasteiger partial charge is 0.224 e. The Morgan fingerprint density at radius 3 is 2.90 bits per heavy atom. The molecule has 0 bridgehead atoms. The van der Waals surface area contributed by atoms with Crippen molar-refractivity contribution < 1.29 is 4.39 Å². The fourth-order valence-corrected chi connectivity index (χ4v) is 2.02. The van der Waals surface area contributed by atoms with Crippen LogP contribution in [-0.4, -0.2) is 32.2 Å². The van der Waals surface area contributed by atoms with E-state index in [4.69, 9.17) is 11.6 Å². The minimum Gasteiger partial charge on any atom is -0.312 e. The number of pyridine rings is 1. The standard InChI is InChI=1S/C12H10ClFN6/c1-6-8(14)5-7-10(16-6)18-19-11(7)20(2)9-3-4-15-12(13)17-9/h3-5H,1-2H3,(H,16,18,19). The predicted molar refractivity (Wildman–Crippen MR) is 73.7 cm³/mol. The van der Waals surface area contributed by atoms with Gasteiger partial charge in [0.2, 0.25) is 5.28 Å². The van der Waals surface area contributed by atoms with Gasteiger partial charge in [0.1, 0.15) is 11.6 Å². The van der Waals surface area contributed by atoms with E-state index in [1.165, 1.54) is 6.07 Å². The summed E-state index contributed by atoms with van der Waals surface area (Å²) in [5, 5.41) is 7.64. The number of fused-ring (bicyclic) bond motifs is 1. The summed E-state index contributed by atoms with van der Waals surface area (Å²) >= 11 is 5.77. The molecule has 0 amide bonds. The Hall–Kier alpha value is -2.28. The summed E-state index contributed by atoms with van der Waals surface area (Å²) in [5.41, 5.74) is 0.839. The van der Waals surface area contributed by atoms with Crippen molar-refractivity contribution >= 4 is 34.3 Å². The predicted octanol–water partition coefficient (Wildman–Crippen LogP) is 2.62. The average Bonchev–Trinajstić information content (AvgIpc) is 2.81. The molecule has 0 aliphatic carbocycles. The molecule has 0 saturated carbocycles. The van der Waals surface area contributed by atoms with E-state index < -0.39 is 0 Å². The second-order valence-corrected chi connectivity index (χ2v) is 4.58. The van der Waals surface area contributed by atoms with Gasteiger partial charge in [0.05, 0.1) is 11.1 Å². The molecule has 0 aromatic carbocycles. The second-order valence-electron chi connectivity index (χ2n) is 4.24. The Labute approximate surface area is 118 Å². The van der Waals surface area contributed by atoms with Gasteiger partial charge in [-0.1, -0.05) is 0 Å². The first-order chi connectivity index (χ1) is 9.56. The Morgan fingerprint density at radius 2 is 2.15 bits per heavy atom. The minimum absolute atomic E-state index is 0.134. The van der Waals surface area contributed by atoms with Crippen LogP contribution < -0.4 is 4.90 Å². The van der Waals surface area contributed by atoms with Crippen LogP contribution in [0.1, 0.15) is 5.69 Å². The zero-order chi connectivity index (χ0) is 14.3. The number of aryl methyl sites for hydroxylation is 1. The molecule has 102 valence electrons. The highest BCUT2D eigenvalue weighted by Gasteiger charge is 2.16. The molecule has 0 radical (unpaired) electrons. The molecule has 3 aromatic heterocycles. The first-order valence-corrected chi connectivity index (χ1v) is 6.17. The van der Waals surface area contributed by atoms with Gasteiger partial charge in [-0.15, -0.1) is 0 Å². The van der Waals surface area contributed by atoms with Crippen LogP contribution in [0.5, 0.6) is 0 Å². The van der Waals surface area contributed by atoms with Crippen molar-refractivity contribution in [3.05, 3.63) is 35.1 Å². The monoisotopic (exact) mass is 292 g/mol. The fraction of sp³-hybridized carbons (Fsp3) is 0.167. The first-order valence-electron chi connectivity index (χ1n) is 5.80. The van der Waals surface area contributed by atoms with Gasteiger partial charge in [-0.3, -0.25) is 5.10 Å². The van der Waals surface area contributed by atoms with Crippen molar-refractivity contribution in [3.63, 3.8) is 0 Å². The number of aromatic amines is 1. The van der Waals surface area contributed by atoms with Crippen LogP contribution in [0.3, 0.4) is 0 Å². The summed E-state index contributed by atoms with van der Waals surface area (Å²) < 4.78 is 13.7. The van der Waals surface area contributed by atoms with E-state index in [-0.39, 0.29) is 11.1 Å². The second kappa shape index (κ2) is 4.68. The molecule has 0 unspecified atom stereocenters. The van der Waals surface area contributed by atoms with E-state index in [2.05, 4.69) is 25.1 Å². The van der Waals surface area contributed by atoms with Gasteiger partial charge < -0.3 is 4.90 Å². The van der Waals surface area contributed by atoms with Gasteiger partial charge in [0.15, 0.2) is 11.5 Å². The molecule has 0 aliphatic heterocycles. The lowest BCUT2D eigenvalue weighted by Crippen LogP contribution is -2.12. The van der Waals surface area contributed by atoms with Crippen LogP contribution in [0, 0.1) is 12.7 Å². The number of hydrogen-bond donors (Lipinski definition) is 1. The van der Waals surface area contributed by atoms with E-state index in [0.29, 0.717) is 28.4 Å². The maximum atomic E-state index is 13.7. The van der Waals surface area contributed by atoms with Crippen LogP contribution in [0.15, 0.2) is 18.3 Å². The number of aromatic nitrogens is 5. The van der Waals surface area contributed by atoms with Gasteiger partial charge in [0, 0.05) is 13.2 Å². The molecular weight excluding hydrogens is 283 g/mol. The van der Waals surface area contributed by atoms with Crippen molar-refractivity contribution in [2.45, 2.75) is 6.92 Å². The highest BCUT2D eigenvalue weighted by atomic mass is 35.5. The summed E-state index contributed by atoms with van der Waals surface area (Å²) in [6, 6.07) is 3.08. The molecule has 0 spiro atoms. The molecule has 3 aromatic rings. The number of H-pyrrole nitrogens is 1. The highest BCUT2D eigenvalue weighted by molar-refractivity contribution is 6.28. The molecule has 3 rings (SSSR count). The van der Waals surface area contributed by atoms with Crippen molar-refractivity contribution in [2.75, 3.05) is 11.9 Å². The molecule has 0 fully saturated rings.